The molecule has 0 fully saturated rings. The molecule has 6 heteroatoms. The molecule has 0 amide bonds. The van der Waals surface area contributed by atoms with Crippen LogP contribution in [0.15, 0.2) is 40.1 Å². The van der Waals surface area contributed by atoms with E-state index >= 15 is 0 Å². The van der Waals surface area contributed by atoms with Gasteiger partial charge in [0.25, 0.3) is 5.56 Å². The Bertz CT molecular complexity index is 698. The molecule has 1 aromatic heterocycles. The predicted octanol–water partition coefficient (Wildman–Crippen LogP) is 0.907. The monoisotopic (exact) mass is 260 g/mol. The molecule has 0 atom stereocenters. The lowest BCUT2D eigenvalue weighted by atomic mass is 10.1. The number of hydrogen-bond donors (Lipinski definition) is 2. The van der Waals surface area contributed by atoms with Crippen LogP contribution in [0.25, 0.3) is 11.1 Å². The summed E-state index contributed by atoms with van der Waals surface area (Å²) in [4.78, 5) is 38.5. The van der Waals surface area contributed by atoms with Gasteiger partial charge < -0.3 is 9.72 Å². The van der Waals surface area contributed by atoms with Crippen LogP contribution in [0.4, 0.5) is 0 Å². The zero-order valence-electron chi connectivity index (χ0n) is 10.2. The molecular weight excluding hydrogens is 248 g/mol. The minimum Gasteiger partial charge on any atom is -0.462 e. The number of carbonyl (C=O) groups is 1. The van der Waals surface area contributed by atoms with Crippen molar-refractivity contribution >= 4 is 5.97 Å². The van der Waals surface area contributed by atoms with Crippen molar-refractivity contribution in [2.24, 2.45) is 0 Å². The number of hydrogen-bond acceptors (Lipinski definition) is 4. The zero-order chi connectivity index (χ0) is 13.8. The van der Waals surface area contributed by atoms with Crippen molar-refractivity contribution in [1.82, 2.24) is 9.97 Å². The molecular formula is C13H12N2O4. The molecule has 1 heterocycles. The summed E-state index contributed by atoms with van der Waals surface area (Å²) in [5.41, 5.74) is 0.302. The maximum Gasteiger partial charge on any atom is 0.338 e. The summed E-state index contributed by atoms with van der Waals surface area (Å²) in [6.07, 6.45) is 1.33. The SMILES string of the molecule is CCOC(=O)c1ccc(-c2c[nH]c(=O)[nH]c2=O)cc1. The summed E-state index contributed by atoms with van der Waals surface area (Å²) < 4.78 is 4.86. The normalized spacial score (nSPS) is 10.2. The van der Waals surface area contributed by atoms with Crippen LogP contribution in [0.1, 0.15) is 17.3 Å². The second kappa shape index (κ2) is 5.34. The minimum absolute atomic E-state index is 0.306. The highest BCUT2D eigenvalue weighted by Crippen LogP contribution is 2.15. The standard InChI is InChI=1S/C13H12N2O4/c1-2-19-12(17)9-5-3-8(4-6-9)10-7-14-13(18)15-11(10)16/h3-7H,2H2,1H3,(H2,14,15,16,18). The topological polar surface area (TPSA) is 92.0 Å². The fourth-order valence-corrected chi connectivity index (χ4v) is 1.62. The Morgan fingerprint density at radius 1 is 1.21 bits per heavy atom. The molecule has 0 unspecified atom stereocenters. The first kappa shape index (κ1) is 12.8. The summed E-state index contributed by atoms with van der Waals surface area (Å²) in [6, 6.07) is 6.38. The van der Waals surface area contributed by atoms with Crippen molar-refractivity contribution in [1.29, 1.82) is 0 Å². The van der Waals surface area contributed by atoms with Crippen LogP contribution in [0.3, 0.4) is 0 Å². The van der Waals surface area contributed by atoms with Gasteiger partial charge in [-0.3, -0.25) is 9.78 Å². The lowest BCUT2D eigenvalue weighted by Crippen LogP contribution is -2.22. The van der Waals surface area contributed by atoms with Crippen LogP contribution < -0.4 is 11.2 Å². The van der Waals surface area contributed by atoms with Crippen molar-refractivity contribution in [3.8, 4) is 11.1 Å². The van der Waals surface area contributed by atoms with Crippen molar-refractivity contribution in [3.05, 3.63) is 56.9 Å². The molecule has 0 aliphatic rings. The Labute approximate surface area is 108 Å². The van der Waals surface area contributed by atoms with Gasteiger partial charge in [0, 0.05) is 6.20 Å². The molecule has 0 aliphatic carbocycles. The van der Waals surface area contributed by atoms with Gasteiger partial charge in [0.1, 0.15) is 0 Å². The van der Waals surface area contributed by atoms with Gasteiger partial charge in [-0.25, -0.2) is 9.59 Å². The zero-order valence-corrected chi connectivity index (χ0v) is 10.2. The van der Waals surface area contributed by atoms with E-state index in [0.29, 0.717) is 23.3 Å². The summed E-state index contributed by atoms with van der Waals surface area (Å²) in [5.74, 6) is -0.413. The molecule has 0 spiro atoms. The van der Waals surface area contributed by atoms with Crippen LogP contribution in [0, 0.1) is 0 Å². The lowest BCUT2D eigenvalue weighted by Gasteiger charge is -2.03. The fourth-order valence-electron chi connectivity index (χ4n) is 1.62. The summed E-state index contributed by atoms with van der Waals surface area (Å²) >= 11 is 0. The molecule has 0 aliphatic heterocycles. The Hall–Kier alpha value is -2.63. The third-order valence-corrected chi connectivity index (χ3v) is 2.53. The van der Waals surface area contributed by atoms with E-state index in [1.54, 1.807) is 31.2 Å². The molecule has 2 aromatic rings. The molecule has 0 saturated heterocycles. The van der Waals surface area contributed by atoms with Crippen LogP contribution in [-0.2, 0) is 4.74 Å². The minimum atomic E-state index is -0.558. The first-order valence-corrected chi connectivity index (χ1v) is 5.71. The van der Waals surface area contributed by atoms with Gasteiger partial charge >= 0.3 is 11.7 Å². The average molecular weight is 260 g/mol. The van der Waals surface area contributed by atoms with Gasteiger partial charge in [-0.2, -0.15) is 0 Å². The van der Waals surface area contributed by atoms with Crippen LogP contribution >= 0.6 is 0 Å². The number of esters is 1. The van der Waals surface area contributed by atoms with Gasteiger partial charge in [-0.05, 0) is 24.6 Å². The third-order valence-electron chi connectivity index (χ3n) is 2.53. The lowest BCUT2D eigenvalue weighted by molar-refractivity contribution is 0.0526. The predicted molar refractivity (Wildman–Crippen MR) is 69.1 cm³/mol. The largest absolute Gasteiger partial charge is 0.462 e. The van der Waals surface area contributed by atoms with Crippen molar-refractivity contribution in [2.45, 2.75) is 6.92 Å². The van der Waals surface area contributed by atoms with Gasteiger partial charge in [-0.15, -0.1) is 0 Å². The maximum absolute atomic E-state index is 11.6. The van der Waals surface area contributed by atoms with E-state index < -0.39 is 17.2 Å². The van der Waals surface area contributed by atoms with Gasteiger partial charge in [0.15, 0.2) is 0 Å². The maximum atomic E-state index is 11.6. The van der Waals surface area contributed by atoms with E-state index in [1.807, 2.05) is 0 Å². The van der Waals surface area contributed by atoms with Crippen LogP contribution in [0.5, 0.6) is 0 Å². The molecule has 0 saturated carbocycles. The second-order valence-electron chi connectivity index (χ2n) is 3.78. The fraction of sp³-hybridized carbons (Fsp3) is 0.154. The number of aromatic amines is 2. The van der Waals surface area contributed by atoms with Gasteiger partial charge in [0.05, 0.1) is 17.7 Å². The summed E-state index contributed by atoms with van der Waals surface area (Å²) in [7, 11) is 0. The summed E-state index contributed by atoms with van der Waals surface area (Å²) in [6.45, 7) is 2.03. The highest BCUT2D eigenvalue weighted by Gasteiger charge is 2.08. The molecule has 2 rings (SSSR count). The van der Waals surface area contributed by atoms with Crippen LogP contribution in [-0.4, -0.2) is 22.5 Å². The summed E-state index contributed by atoms with van der Waals surface area (Å²) in [5, 5.41) is 0. The quantitative estimate of drug-likeness (QED) is 0.802. The smallest absolute Gasteiger partial charge is 0.338 e. The number of rotatable bonds is 3. The highest BCUT2D eigenvalue weighted by atomic mass is 16.5. The average Bonchev–Trinajstić information content (AvgIpc) is 2.39. The van der Waals surface area contributed by atoms with Crippen molar-refractivity contribution in [2.75, 3.05) is 6.61 Å². The van der Waals surface area contributed by atoms with E-state index in [2.05, 4.69) is 9.97 Å². The Balaban J connectivity index is 2.35. The number of carbonyl (C=O) groups excluding carboxylic acids is 1. The number of ether oxygens (including phenoxy) is 1. The molecule has 6 nitrogen and oxygen atoms in total. The van der Waals surface area contributed by atoms with Gasteiger partial charge in [-0.1, -0.05) is 12.1 Å². The Kier molecular flexibility index (Phi) is 3.61. The third kappa shape index (κ3) is 2.79. The number of benzene rings is 1. The number of aromatic nitrogens is 2. The second-order valence-corrected chi connectivity index (χ2v) is 3.78. The van der Waals surface area contributed by atoms with E-state index in [-0.39, 0.29) is 0 Å². The van der Waals surface area contributed by atoms with E-state index in [0.717, 1.165) is 0 Å². The highest BCUT2D eigenvalue weighted by molar-refractivity contribution is 5.90. The van der Waals surface area contributed by atoms with E-state index in [1.165, 1.54) is 6.20 Å². The molecule has 19 heavy (non-hydrogen) atoms. The van der Waals surface area contributed by atoms with Crippen molar-refractivity contribution in [3.63, 3.8) is 0 Å². The first-order valence-electron chi connectivity index (χ1n) is 5.71. The molecule has 0 bridgehead atoms. The molecule has 0 radical (unpaired) electrons. The van der Waals surface area contributed by atoms with E-state index in [4.69, 9.17) is 4.74 Å². The number of H-pyrrole nitrogens is 2. The van der Waals surface area contributed by atoms with Crippen LogP contribution in [0.2, 0.25) is 0 Å². The Morgan fingerprint density at radius 2 is 1.89 bits per heavy atom. The van der Waals surface area contributed by atoms with Gasteiger partial charge in [0.2, 0.25) is 0 Å². The number of nitrogens with one attached hydrogen (secondary N) is 2. The first-order chi connectivity index (χ1) is 9.11. The Morgan fingerprint density at radius 3 is 2.47 bits per heavy atom. The van der Waals surface area contributed by atoms with E-state index in [9.17, 15) is 14.4 Å². The molecule has 2 N–H and O–H groups in total. The molecule has 1 aromatic carbocycles. The molecule has 98 valence electrons. The van der Waals surface area contributed by atoms with Crippen molar-refractivity contribution < 1.29 is 9.53 Å².